The normalized spacial score (nSPS) is 12.1. The summed E-state index contributed by atoms with van der Waals surface area (Å²) in [7, 11) is -2.98. The minimum absolute atomic E-state index is 0.0144. The van der Waals surface area contributed by atoms with Gasteiger partial charge in [-0.1, -0.05) is 26.0 Å². The zero-order valence-corrected chi connectivity index (χ0v) is 15.5. The van der Waals surface area contributed by atoms with Crippen LogP contribution < -0.4 is 5.32 Å². The topological polar surface area (TPSA) is 72.5 Å². The molecule has 0 fully saturated rings. The van der Waals surface area contributed by atoms with Gasteiger partial charge in [-0.05, 0) is 47.9 Å². The van der Waals surface area contributed by atoms with E-state index in [2.05, 4.69) is 10.1 Å². The van der Waals surface area contributed by atoms with Gasteiger partial charge in [0.25, 0.3) is 0 Å². The van der Waals surface area contributed by atoms with Crippen molar-refractivity contribution in [2.75, 3.05) is 12.4 Å². The number of rotatable bonds is 6. The number of carbonyl (C=O) groups excluding carboxylic acids is 1. The van der Waals surface area contributed by atoms with Crippen LogP contribution in [0.15, 0.2) is 64.5 Å². The van der Waals surface area contributed by atoms with Gasteiger partial charge in [-0.15, -0.1) is 0 Å². The Hall–Kier alpha value is -2.67. The largest absolute Gasteiger partial charge is 0.465 e. The third-order valence-corrected chi connectivity index (χ3v) is 5.50. The number of anilines is 1. The summed E-state index contributed by atoms with van der Waals surface area (Å²) in [5.41, 5.74) is 1.41. The van der Waals surface area contributed by atoms with Crippen LogP contribution in [-0.4, -0.2) is 21.5 Å². The Morgan fingerprint density at radius 3 is 2.15 bits per heavy atom. The Labute approximate surface area is 152 Å². The predicted molar refractivity (Wildman–Crippen MR) is 97.8 cm³/mol. The molecular weight excluding hydrogens is 357 g/mol. The number of esters is 1. The molecular formula is C19H20FNO4S. The van der Waals surface area contributed by atoms with Crippen LogP contribution in [0.1, 0.15) is 25.3 Å². The van der Waals surface area contributed by atoms with Gasteiger partial charge in [-0.2, -0.15) is 0 Å². The lowest BCUT2D eigenvalue weighted by molar-refractivity contribution is -0.135. The first-order valence-corrected chi connectivity index (χ1v) is 9.39. The highest BCUT2D eigenvalue weighted by molar-refractivity contribution is 7.96. The van der Waals surface area contributed by atoms with Crippen LogP contribution in [0.25, 0.3) is 0 Å². The fourth-order valence-corrected chi connectivity index (χ4v) is 3.47. The summed E-state index contributed by atoms with van der Waals surface area (Å²) >= 11 is 0. The van der Waals surface area contributed by atoms with Gasteiger partial charge in [0.2, 0.25) is 9.84 Å². The van der Waals surface area contributed by atoms with Crippen LogP contribution in [0.5, 0.6) is 0 Å². The summed E-state index contributed by atoms with van der Waals surface area (Å²) in [5.74, 6) is -1.17. The van der Waals surface area contributed by atoms with Crippen molar-refractivity contribution in [1.82, 2.24) is 0 Å². The van der Waals surface area contributed by atoms with E-state index in [1.807, 2.05) is 13.8 Å². The molecule has 0 aliphatic heterocycles. The van der Waals surface area contributed by atoms with Gasteiger partial charge in [0.05, 0.1) is 12.0 Å². The van der Waals surface area contributed by atoms with Gasteiger partial charge in [-0.3, -0.25) is 0 Å². The molecule has 0 bridgehead atoms. The molecule has 2 aromatic rings. The smallest absolute Gasteiger partial charge is 0.351 e. The van der Waals surface area contributed by atoms with Gasteiger partial charge in [0.15, 0.2) is 4.91 Å². The molecule has 0 saturated heterocycles. The second kappa shape index (κ2) is 8.14. The summed E-state index contributed by atoms with van der Waals surface area (Å²) in [5, 5.41) is 2.68. The van der Waals surface area contributed by atoms with Gasteiger partial charge >= 0.3 is 5.97 Å². The standard InChI is InChI=1S/C19H20FNO4S/c1-13(2)14-4-10-17(11-5-14)26(23,24)18(19(22)25-3)12-21-16-8-6-15(20)7-9-16/h4-13,21H,1-3H3. The summed E-state index contributed by atoms with van der Waals surface area (Å²) in [4.78, 5) is 11.5. The third-order valence-electron chi connectivity index (χ3n) is 3.75. The molecule has 0 atom stereocenters. The molecule has 0 spiro atoms. The fraction of sp³-hybridized carbons (Fsp3) is 0.211. The van der Waals surface area contributed by atoms with Crippen LogP contribution in [0.4, 0.5) is 10.1 Å². The highest BCUT2D eigenvalue weighted by atomic mass is 32.2. The van der Waals surface area contributed by atoms with E-state index in [1.165, 1.54) is 36.4 Å². The molecule has 0 heterocycles. The Morgan fingerprint density at radius 2 is 1.65 bits per heavy atom. The number of sulfone groups is 1. The molecule has 26 heavy (non-hydrogen) atoms. The van der Waals surface area contributed by atoms with Crippen molar-refractivity contribution >= 4 is 21.5 Å². The molecule has 0 unspecified atom stereocenters. The first-order chi connectivity index (χ1) is 12.3. The third kappa shape index (κ3) is 4.49. The first kappa shape index (κ1) is 19.7. The van der Waals surface area contributed by atoms with Gasteiger partial charge in [0.1, 0.15) is 5.82 Å². The predicted octanol–water partition coefficient (Wildman–Crippen LogP) is 3.85. The Balaban J connectivity index is 2.39. The number of nitrogens with one attached hydrogen (secondary N) is 1. The van der Waals surface area contributed by atoms with E-state index in [-0.39, 0.29) is 10.8 Å². The molecule has 0 aliphatic rings. The second-order valence-corrected chi connectivity index (χ2v) is 7.80. The van der Waals surface area contributed by atoms with Crippen molar-refractivity contribution in [3.8, 4) is 0 Å². The first-order valence-electron chi connectivity index (χ1n) is 7.91. The summed E-state index contributed by atoms with van der Waals surface area (Å²) in [6, 6.07) is 11.6. The number of methoxy groups -OCH3 is 1. The van der Waals surface area contributed by atoms with Crippen LogP contribution in [0.2, 0.25) is 0 Å². The van der Waals surface area contributed by atoms with Crippen molar-refractivity contribution in [3.63, 3.8) is 0 Å². The van der Waals surface area contributed by atoms with E-state index in [0.29, 0.717) is 5.69 Å². The number of halogens is 1. The molecule has 1 N–H and O–H groups in total. The van der Waals surface area contributed by atoms with E-state index < -0.39 is 26.5 Å². The second-order valence-electron chi connectivity index (χ2n) is 5.88. The van der Waals surface area contributed by atoms with Crippen LogP contribution in [0.3, 0.4) is 0 Å². The number of carbonyl (C=O) groups is 1. The maximum atomic E-state index is 13.0. The summed E-state index contributed by atoms with van der Waals surface area (Å²) in [6.07, 6.45) is 1.05. The lowest BCUT2D eigenvalue weighted by Crippen LogP contribution is -2.17. The number of ether oxygens (including phenoxy) is 1. The number of benzene rings is 2. The molecule has 0 aliphatic carbocycles. The summed E-state index contributed by atoms with van der Waals surface area (Å²) in [6.45, 7) is 3.99. The van der Waals surface area contributed by atoms with Crippen molar-refractivity contribution in [2.45, 2.75) is 24.7 Å². The average Bonchev–Trinajstić information content (AvgIpc) is 2.63. The summed E-state index contributed by atoms with van der Waals surface area (Å²) < 4.78 is 43.2. The van der Waals surface area contributed by atoms with Crippen molar-refractivity contribution in [3.05, 3.63) is 71.0 Å². The monoisotopic (exact) mass is 377 g/mol. The molecule has 0 aromatic heterocycles. The molecule has 2 rings (SSSR count). The molecule has 5 nitrogen and oxygen atoms in total. The fourth-order valence-electron chi connectivity index (χ4n) is 2.20. The highest BCUT2D eigenvalue weighted by Crippen LogP contribution is 2.23. The van der Waals surface area contributed by atoms with Crippen LogP contribution >= 0.6 is 0 Å². The van der Waals surface area contributed by atoms with E-state index in [9.17, 15) is 17.6 Å². The van der Waals surface area contributed by atoms with Crippen molar-refractivity contribution < 1.29 is 22.3 Å². The zero-order chi connectivity index (χ0) is 19.3. The highest BCUT2D eigenvalue weighted by Gasteiger charge is 2.28. The molecule has 138 valence electrons. The molecule has 7 heteroatoms. The van der Waals surface area contributed by atoms with E-state index in [4.69, 9.17) is 0 Å². The number of hydrogen-bond acceptors (Lipinski definition) is 5. The van der Waals surface area contributed by atoms with Gasteiger partial charge < -0.3 is 10.1 Å². The van der Waals surface area contributed by atoms with Crippen LogP contribution in [-0.2, 0) is 19.4 Å². The maximum absolute atomic E-state index is 13.0. The van der Waals surface area contributed by atoms with E-state index in [1.54, 1.807) is 12.1 Å². The average molecular weight is 377 g/mol. The quantitative estimate of drug-likeness (QED) is 0.611. The maximum Gasteiger partial charge on any atom is 0.351 e. The molecule has 0 saturated carbocycles. The molecule has 0 radical (unpaired) electrons. The Bertz CT molecular complexity index is 902. The van der Waals surface area contributed by atoms with Gasteiger partial charge in [-0.25, -0.2) is 17.6 Å². The SMILES string of the molecule is COC(=O)C(=CNc1ccc(F)cc1)S(=O)(=O)c1ccc(C(C)C)cc1. The Kier molecular flexibility index (Phi) is 6.15. The lowest BCUT2D eigenvalue weighted by atomic mass is 10.0. The number of hydrogen-bond donors (Lipinski definition) is 1. The van der Waals surface area contributed by atoms with Gasteiger partial charge in [0, 0.05) is 11.9 Å². The van der Waals surface area contributed by atoms with E-state index in [0.717, 1.165) is 18.9 Å². The lowest BCUT2D eigenvalue weighted by Gasteiger charge is -2.10. The minimum atomic E-state index is -4.08. The zero-order valence-electron chi connectivity index (χ0n) is 14.7. The van der Waals surface area contributed by atoms with Crippen LogP contribution in [0, 0.1) is 5.82 Å². The molecule has 0 amide bonds. The Morgan fingerprint density at radius 1 is 1.08 bits per heavy atom. The van der Waals surface area contributed by atoms with Crippen molar-refractivity contribution in [2.24, 2.45) is 0 Å². The minimum Gasteiger partial charge on any atom is -0.465 e. The molecule has 2 aromatic carbocycles. The van der Waals surface area contributed by atoms with E-state index >= 15 is 0 Å². The van der Waals surface area contributed by atoms with Crippen molar-refractivity contribution in [1.29, 1.82) is 0 Å².